The standard InChI is InChI=1S/C17H21N5OS2/c1-9(2)22-14-15-12(20-17(25-15)19-10(3)23)8-24-16(14)13(21-22)11-5-4-6-18-7-11/h6-7,9,14,16H,4-5,8H2,1-3H3,(H,19,20,23). The van der Waals surface area contributed by atoms with Crippen molar-refractivity contribution < 1.29 is 4.79 Å². The number of fused-ring (bicyclic) bond motifs is 3. The number of thiazole rings is 1. The van der Waals surface area contributed by atoms with Crippen LogP contribution in [0.1, 0.15) is 50.2 Å². The maximum Gasteiger partial charge on any atom is 0.223 e. The van der Waals surface area contributed by atoms with E-state index in [1.807, 2.05) is 24.2 Å². The first kappa shape index (κ1) is 16.8. The molecule has 4 heterocycles. The van der Waals surface area contributed by atoms with Crippen LogP contribution in [-0.4, -0.2) is 39.1 Å². The number of hydrogen-bond donors (Lipinski definition) is 1. The Hall–Kier alpha value is -1.67. The van der Waals surface area contributed by atoms with Gasteiger partial charge in [-0.1, -0.05) is 11.3 Å². The molecular formula is C17H21N5OS2. The molecule has 6 nitrogen and oxygen atoms in total. The van der Waals surface area contributed by atoms with E-state index in [0.717, 1.165) is 24.3 Å². The summed E-state index contributed by atoms with van der Waals surface area (Å²) in [5, 5.41) is 11.0. The van der Waals surface area contributed by atoms with Gasteiger partial charge in [-0.05, 0) is 32.3 Å². The van der Waals surface area contributed by atoms with Crippen molar-refractivity contribution in [2.75, 3.05) is 5.32 Å². The minimum Gasteiger partial charge on any atom is -0.302 e. The minimum atomic E-state index is -0.0791. The lowest BCUT2D eigenvalue weighted by Crippen LogP contribution is -2.34. The summed E-state index contributed by atoms with van der Waals surface area (Å²) in [6.07, 6.45) is 5.91. The molecule has 0 aliphatic carbocycles. The van der Waals surface area contributed by atoms with Crippen LogP contribution in [0.2, 0.25) is 0 Å². The molecule has 0 radical (unpaired) electrons. The number of nitrogens with one attached hydrogen (secondary N) is 1. The molecule has 0 bridgehead atoms. The highest BCUT2D eigenvalue weighted by atomic mass is 32.2. The maximum atomic E-state index is 11.4. The smallest absolute Gasteiger partial charge is 0.223 e. The zero-order chi connectivity index (χ0) is 17.6. The third-order valence-electron chi connectivity index (χ3n) is 4.48. The summed E-state index contributed by atoms with van der Waals surface area (Å²) in [5.41, 5.74) is 3.50. The van der Waals surface area contributed by atoms with Crippen molar-refractivity contribution in [3.05, 3.63) is 22.3 Å². The Morgan fingerprint density at radius 1 is 1.44 bits per heavy atom. The molecule has 0 fully saturated rings. The van der Waals surface area contributed by atoms with Gasteiger partial charge in [0, 0.05) is 31.1 Å². The molecule has 2 atom stereocenters. The summed E-state index contributed by atoms with van der Waals surface area (Å²) >= 11 is 3.49. The number of aliphatic imine (C=N–C) groups is 1. The van der Waals surface area contributed by atoms with Gasteiger partial charge in [0.05, 0.1) is 21.5 Å². The molecule has 1 amide bonds. The second-order valence-corrected chi connectivity index (χ2v) is 8.83. The Morgan fingerprint density at radius 3 is 2.96 bits per heavy atom. The molecule has 1 aromatic heterocycles. The van der Waals surface area contributed by atoms with Gasteiger partial charge in [-0.15, -0.1) is 11.8 Å². The predicted octanol–water partition coefficient (Wildman–Crippen LogP) is 3.59. The fraction of sp³-hybridized carbons (Fsp3) is 0.529. The van der Waals surface area contributed by atoms with Crippen LogP contribution in [0, 0.1) is 0 Å². The lowest BCUT2D eigenvalue weighted by Gasteiger charge is -2.33. The minimum absolute atomic E-state index is 0.0791. The summed E-state index contributed by atoms with van der Waals surface area (Å²) < 4.78 is 0. The van der Waals surface area contributed by atoms with Crippen LogP contribution in [0.5, 0.6) is 0 Å². The van der Waals surface area contributed by atoms with Crippen LogP contribution in [-0.2, 0) is 10.5 Å². The molecule has 3 aliphatic rings. The summed E-state index contributed by atoms with van der Waals surface area (Å²) in [7, 11) is 0. The number of hydrazone groups is 1. The average molecular weight is 376 g/mol. The Labute approximate surface area is 155 Å². The Kier molecular flexibility index (Phi) is 4.41. The predicted molar refractivity (Wildman–Crippen MR) is 104 cm³/mol. The number of aromatic nitrogens is 1. The monoisotopic (exact) mass is 375 g/mol. The molecule has 8 heteroatoms. The summed E-state index contributed by atoms with van der Waals surface area (Å²) in [6.45, 7) is 5.86. The van der Waals surface area contributed by atoms with Gasteiger partial charge >= 0.3 is 0 Å². The third kappa shape index (κ3) is 3.01. The summed E-state index contributed by atoms with van der Waals surface area (Å²) in [5.74, 6) is 0.776. The highest BCUT2D eigenvalue weighted by Crippen LogP contribution is 2.50. The van der Waals surface area contributed by atoms with Crippen molar-refractivity contribution >= 4 is 46.1 Å². The second kappa shape index (κ2) is 6.57. The molecule has 3 aliphatic heterocycles. The Morgan fingerprint density at radius 2 is 2.28 bits per heavy atom. The number of carbonyl (C=O) groups excluding carboxylic acids is 1. The number of anilines is 1. The molecule has 0 aromatic carbocycles. The zero-order valence-corrected chi connectivity index (χ0v) is 16.2. The topological polar surface area (TPSA) is 70.0 Å². The van der Waals surface area contributed by atoms with Gasteiger partial charge in [0.2, 0.25) is 5.91 Å². The molecule has 132 valence electrons. The van der Waals surface area contributed by atoms with Crippen LogP contribution >= 0.6 is 23.1 Å². The van der Waals surface area contributed by atoms with Gasteiger partial charge in [0.15, 0.2) is 5.13 Å². The first-order chi connectivity index (χ1) is 12.0. The van der Waals surface area contributed by atoms with Crippen molar-refractivity contribution in [2.45, 2.75) is 56.7 Å². The van der Waals surface area contributed by atoms with E-state index in [-0.39, 0.29) is 11.9 Å². The van der Waals surface area contributed by atoms with Crippen molar-refractivity contribution in [2.24, 2.45) is 10.1 Å². The number of rotatable bonds is 3. The first-order valence-electron chi connectivity index (χ1n) is 8.51. The van der Waals surface area contributed by atoms with Crippen LogP contribution in [0.4, 0.5) is 5.13 Å². The highest BCUT2D eigenvalue weighted by molar-refractivity contribution is 8.00. The average Bonchev–Trinajstić information content (AvgIpc) is 3.15. The van der Waals surface area contributed by atoms with E-state index >= 15 is 0 Å². The van der Waals surface area contributed by atoms with E-state index in [1.165, 1.54) is 23.1 Å². The Balaban J connectivity index is 1.71. The number of carbonyl (C=O) groups is 1. The van der Waals surface area contributed by atoms with Crippen LogP contribution < -0.4 is 5.32 Å². The van der Waals surface area contributed by atoms with Crippen molar-refractivity contribution in [1.82, 2.24) is 9.99 Å². The fourth-order valence-corrected chi connectivity index (χ4v) is 6.10. The summed E-state index contributed by atoms with van der Waals surface area (Å²) in [4.78, 5) is 21.6. The van der Waals surface area contributed by atoms with Gasteiger partial charge < -0.3 is 5.32 Å². The van der Waals surface area contributed by atoms with E-state index in [0.29, 0.717) is 16.4 Å². The molecular weight excluding hydrogens is 354 g/mol. The number of thioether (sulfide) groups is 1. The highest BCUT2D eigenvalue weighted by Gasteiger charge is 2.46. The van der Waals surface area contributed by atoms with E-state index in [4.69, 9.17) is 5.10 Å². The molecule has 0 saturated carbocycles. The van der Waals surface area contributed by atoms with E-state index < -0.39 is 0 Å². The van der Waals surface area contributed by atoms with Gasteiger partial charge in [-0.25, -0.2) is 4.98 Å². The number of allylic oxidation sites excluding steroid dienone is 1. The lowest BCUT2D eigenvalue weighted by atomic mass is 9.98. The maximum absolute atomic E-state index is 11.4. The molecule has 0 spiro atoms. The molecule has 0 saturated heterocycles. The Bertz CT molecular complexity index is 795. The van der Waals surface area contributed by atoms with Gasteiger partial charge in [-0.3, -0.25) is 14.8 Å². The molecule has 2 unspecified atom stereocenters. The van der Waals surface area contributed by atoms with Crippen LogP contribution in [0.15, 0.2) is 21.9 Å². The first-order valence-corrected chi connectivity index (χ1v) is 10.4. The lowest BCUT2D eigenvalue weighted by molar-refractivity contribution is -0.114. The van der Waals surface area contributed by atoms with E-state index in [9.17, 15) is 4.79 Å². The SMILES string of the molecule is CC(=O)Nc1nc2c(s1)C1C(SC2)C(C2=CN=CCC2)=NN1C(C)C. The van der Waals surface area contributed by atoms with Crippen molar-refractivity contribution in [1.29, 1.82) is 0 Å². The third-order valence-corrected chi connectivity index (χ3v) is 6.84. The number of nitrogens with zero attached hydrogens (tertiary/aromatic N) is 4. The van der Waals surface area contributed by atoms with Crippen molar-refractivity contribution in [3.8, 4) is 0 Å². The number of hydrogen-bond acceptors (Lipinski definition) is 7. The van der Waals surface area contributed by atoms with E-state index in [2.05, 4.69) is 34.1 Å². The molecule has 25 heavy (non-hydrogen) atoms. The number of amides is 1. The quantitative estimate of drug-likeness (QED) is 0.876. The van der Waals surface area contributed by atoms with Crippen LogP contribution in [0.3, 0.4) is 0 Å². The largest absolute Gasteiger partial charge is 0.302 e. The van der Waals surface area contributed by atoms with Crippen LogP contribution in [0.25, 0.3) is 0 Å². The normalized spacial score (nSPS) is 24.7. The molecule has 1 N–H and O–H groups in total. The zero-order valence-electron chi connectivity index (χ0n) is 14.5. The molecule has 1 aromatic rings. The van der Waals surface area contributed by atoms with Crippen molar-refractivity contribution in [3.63, 3.8) is 0 Å². The van der Waals surface area contributed by atoms with Gasteiger partial charge in [0.1, 0.15) is 6.04 Å². The second-order valence-electron chi connectivity index (χ2n) is 6.67. The van der Waals surface area contributed by atoms with Gasteiger partial charge in [0.25, 0.3) is 0 Å². The van der Waals surface area contributed by atoms with E-state index in [1.54, 1.807) is 11.3 Å². The molecule has 4 rings (SSSR count). The fourth-order valence-electron chi connectivity index (χ4n) is 3.41. The van der Waals surface area contributed by atoms with Gasteiger partial charge in [-0.2, -0.15) is 5.10 Å². The summed E-state index contributed by atoms with van der Waals surface area (Å²) in [6, 6.07) is 0.492.